The fourth-order valence-electron chi connectivity index (χ4n) is 3.74. The van der Waals surface area contributed by atoms with Crippen molar-refractivity contribution in [1.82, 2.24) is 0 Å². The summed E-state index contributed by atoms with van der Waals surface area (Å²) in [6.45, 7) is 12.6. The highest BCUT2D eigenvalue weighted by Gasteiger charge is 2.32. The molecule has 0 unspecified atom stereocenters. The summed E-state index contributed by atoms with van der Waals surface area (Å²) < 4.78 is 0. The number of aryl methyl sites for hydroxylation is 1. The van der Waals surface area contributed by atoms with E-state index in [1.54, 1.807) is 0 Å². The molecule has 2 aromatic rings. The summed E-state index contributed by atoms with van der Waals surface area (Å²) in [5, 5.41) is 0. The Morgan fingerprint density at radius 3 is 2.35 bits per heavy atom. The standard InChI is InChI=1S/C24H26O2/c1-6-22(25)18-9-7-17(8-10-18)16(3)19-14-20-21(13-15(19)2)24(4,5)12-11-23(20)26/h7-10,13-14H,3,6,11-12H2,1-2,4-5H3. The molecular weight excluding hydrogens is 320 g/mol. The highest BCUT2D eigenvalue weighted by atomic mass is 16.1. The van der Waals surface area contributed by atoms with Crippen LogP contribution in [0.25, 0.3) is 5.57 Å². The molecule has 2 heteroatoms. The summed E-state index contributed by atoms with van der Waals surface area (Å²) in [7, 11) is 0. The third kappa shape index (κ3) is 3.16. The van der Waals surface area contributed by atoms with Crippen LogP contribution in [0.2, 0.25) is 0 Å². The van der Waals surface area contributed by atoms with Crippen molar-refractivity contribution >= 4 is 17.1 Å². The fourth-order valence-corrected chi connectivity index (χ4v) is 3.74. The van der Waals surface area contributed by atoms with Gasteiger partial charge in [0.2, 0.25) is 0 Å². The van der Waals surface area contributed by atoms with Gasteiger partial charge in [0.25, 0.3) is 0 Å². The maximum absolute atomic E-state index is 12.5. The summed E-state index contributed by atoms with van der Waals surface area (Å²) in [4.78, 5) is 24.3. The molecule has 0 saturated heterocycles. The van der Waals surface area contributed by atoms with Crippen LogP contribution in [0.1, 0.15) is 83.0 Å². The average molecular weight is 346 g/mol. The lowest BCUT2D eigenvalue weighted by molar-refractivity contribution is 0.0955. The second-order valence-electron chi connectivity index (χ2n) is 7.85. The molecule has 2 nitrogen and oxygen atoms in total. The molecule has 134 valence electrons. The quantitative estimate of drug-likeness (QED) is 0.646. The number of hydrogen-bond donors (Lipinski definition) is 0. The topological polar surface area (TPSA) is 34.1 Å². The predicted octanol–water partition coefficient (Wildman–Crippen LogP) is 5.90. The van der Waals surface area contributed by atoms with Gasteiger partial charge in [-0.05, 0) is 52.7 Å². The van der Waals surface area contributed by atoms with Gasteiger partial charge in [0.1, 0.15) is 0 Å². The van der Waals surface area contributed by atoms with Gasteiger partial charge < -0.3 is 0 Å². The molecule has 2 aromatic carbocycles. The van der Waals surface area contributed by atoms with E-state index in [0.29, 0.717) is 12.8 Å². The zero-order chi connectivity index (χ0) is 19.1. The first-order valence-corrected chi connectivity index (χ1v) is 9.26. The molecule has 3 rings (SSSR count). The second-order valence-corrected chi connectivity index (χ2v) is 7.85. The van der Waals surface area contributed by atoms with Crippen molar-refractivity contribution in [3.05, 3.63) is 76.4 Å². The van der Waals surface area contributed by atoms with Gasteiger partial charge in [-0.3, -0.25) is 9.59 Å². The third-order valence-electron chi connectivity index (χ3n) is 5.57. The molecule has 0 bridgehead atoms. The van der Waals surface area contributed by atoms with E-state index in [1.807, 2.05) is 37.3 Å². The van der Waals surface area contributed by atoms with Crippen molar-refractivity contribution in [3.8, 4) is 0 Å². The maximum Gasteiger partial charge on any atom is 0.163 e. The van der Waals surface area contributed by atoms with Crippen molar-refractivity contribution in [2.75, 3.05) is 0 Å². The number of ketones is 2. The number of benzene rings is 2. The molecular formula is C24H26O2. The summed E-state index contributed by atoms with van der Waals surface area (Å²) in [6, 6.07) is 11.8. The molecule has 0 aromatic heterocycles. The van der Waals surface area contributed by atoms with Crippen LogP contribution in [-0.2, 0) is 5.41 Å². The Balaban J connectivity index is 2.02. The van der Waals surface area contributed by atoms with Crippen molar-refractivity contribution in [2.24, 2.45) is 0 Å². The molecule has 0 spiro atoms. The molecule has 0 atom stereocenters. The Morgan fingerprint density at radius 1 is 1.12 bits per heavy atom. The van der Waals surface area contributed by atoms with Crippen LogP contribution in [0.5, 0.6) is 0 Å². The van der Waals surface area contributed by atoms with Gasteiger partial charge in [0, 0.05) is 24.0 Å². The molecule has 0 heterocycles. The summed E-state index contributed by atoms with van der Waals surface area (Å²) in [5.41, 5.74) is 6.72. The van der Waals surface area contributed by atoms with Crippen LogP contribution in [0, 0.1) is 6.92 Å². The van der Waals surface area contributed by atoms with E-state index in [4.69, 9.17) is 0 Å². The van der Waals surface area contributed by atoms with Crippen LogP contribution < -0.4 is 0 Å². The lowest BCUT2D eigenvalue weighted by Gasteiger charge is -2.32. The Labute approximate surface area is 155 Å². The van der Waals surface area contributed by atoms with Crippen molar-refractivity contribution in [2.45, 2.75) is 52.4 Å². The normalized spacial score (nSPS) is 15.5. The highest BCUT2D eigenvalue weighted by molar-refractivity contribution is 6.01. The van der Waals surface area contributed by atoms with Gasteiger partial charge in [-0.25, -0.2) is 0 Å². The predicted molar refractivity (Wildman–Crippen MR) is 107 cm³/mol. The maximum atomic E-state index is 12.5. The fraction of sp³-hybridized carbons (Fsp3) is 0.333. The zero-order valence-electron chi connectivity index (χ0n) is 16.1. The van der Waals surface area contributed by atoms with Crippen LogP contribution in [0.4, 0.5) is 0 Å². The Bertz CT molecular complexity index is 899. The van der Waals surface area contributed by atoms with E-state index in [2.05, 4.69) is 33.4 Å². The molecule has 0 fully saturated rings. The van der Waals surface area contributed by atoms with E-state index in [9.17, 15) is 9.59 Å². The summed E-state index contributed by atoms with van der Waals surface area (Å²) >= 11 is 0. The lowest BCUT2D eigenvalue weighted by Crippen LogP contribution is -2.27. The van der Waals surface area contributed by atoms with Crippen LogP contribution in [0.3, 0.4) is 0 Å². The third-order valence-corrected chi connectivity index (χ3v) is 5.57. The van der Waals surface area contributed by atoms with Gasteiger partial charge in [-0.2, -0.15) is 0 Å². The highest BCUT2D eigenvalue weighted by Crippen LogP contribution is 2.39. The lowest BCUT2D eigenvalue weighted by atomic mass is 9.71. The Hall–Kier alpha value is -2.48. The van der Waals surface area contributed by atoms with Crippen molar-refractivity contribution in [3.63, 3.8) is 0 Å². The number of Topliss-reactive ketones (excluding diaryl/α,β-unsaturated/α-hetero) is 2. The molecule has 1 aliphatic rings. The molecule has 0 saturated carbocycles. The van der Waals surface area contributed by atoms with E-state index in [0.717, 1.165) is 45.4 Å². The number of hydrogen-bond acceptors (Lipinski definition) is 2. The minimum absolute atomic E-state index is 0.0238. The first-order chi connectivity index (χ1) is 12.2. The van der Waals surface area contributed by atoms with Crippen LogP contribution in [0.15, 0.2) is 43.0 Å². The van der Waals surface area contributed by atoms with Gasteiger partial charge in [0.05, 0.1) is 0 Å². The van der Waals surface area contributed by atoms with E-state index in [-0.39, 0.29) is 17.0 Å². The molecule has 26 heavy (non-hydrogen) atoms. The first kappa shape index (κ1) is 18.3. The largest absolute Gasteiger partial charge is 0.294 e. The minimum Gasteiger partial charge on any atom is -0.294 e. The SMILES string of the molecule is C=C(c1ccc(C(=O)CC)cc1)c1cc2c(cc1C)C(C)(C)CCC2=O. The first-order valence-electron chi connectivity index (χ1n) is 9.26. The van der Waals surface area contributed by atoms with Gasteiger partial charge in [-0.1, -0.05) is 57.7 Å². The molecule has 0 N–H and O–H groups in total. The van der Waals surface area contributed by atoms with Crippen molar-refractivity contribution in [1.29, 1.82) is 0 Å². The number of carbonyl (C=O) groups excluding carboxylic acids is 2. The summed E-state index contributed by atoms with van der Waals surface area (Å²) in [6.07, 6.45) is 2.00. The van der Waals surface area contributed by atoms with E-state index in [1.165, 1.54) is 0 Å². The van der Waals surface area contributed by atoms with E-state index < -0.39 is 0 Å². The smallest absolute Gasteiger partial charge is 0.163 e. The number of carbonyl (C=O) groups is 2. The van der Waals surface area contributed by atoms with E-state index >= 15 is 0 Å². The van der Waals surface area contributed by atoms with Gasteiger partial charge >= 0.3 is 0 Å². The number of rotatable bonds is 4. The van der Waals surface area contributed by atoms with Crippen LogP contribution in [-0.4, -0.2) is 11.6 Å². The average Bonchev–Trinajstić information content (AvgIpc) is 2.64. The Kier molecular flexibility index (Phi) is 4.70. The summed E-state index contributed by atoms with van der Waals surface area (Å²) in [5.74, 6) is 0.359. The second kappa shape index (κ2) is 6.68. The monoisotopic (exact) mass is 346 g/mol. The van der Waals surface area contributed by atoms with Crippen LogP contribution >= 0.6 is 0 Å². The van der Waals surface area contributed by atoms with Gasteiger partial charge in [-0.15, -0.1) is 0 Å². The molecule has 0 amide bonds. The Morgan fingerprint density at radius 2 is 1.73 bits per heavy atom. The minimum atomic E-state index is 0.0238. The molecule has 1 aliphatic carbocycles. The zero-order valence-corrected chi connectivity index (χ0v) is 16.1. The molecule has 0 radical (unpaired) electrons. The number of fused-ring (bicyclic) bond motifs is 1. The van der Waals surface area contributed by atoms with Gasteiger partial charge in [0.15, 0.2) is 11.6 Å². The van der Waals surface area contributed by atoms with Crippen molar-refractivity contribution < 1.29 is 9.59 Å². The molecule has 0 aliphatic heterocycles.